The number of nitrogen functional groups attached to an aromatic ring is 1. The molecular formula is C23H26N4O3S. The largest absolute Gasteiger partial charge is 0.454 e. The zero-order chi connectivity index (χ0) is 21.8. The first-order chi connectivity index (χ1) is 14.9. The van der Waals surface area contributed by atoms with E-state index in [1.807, 2.05) is 18.2 Å². The van der Waals surface area contributed by atoms with Gasteiger partial charge in [-0.05, 0) is 36.0 Å². The average Bonchev–Trinajstić information content (AvgIpc) is 3.17. The van der Waals surface area contributed by atoms with Crippen LogP contribution in [-0.4, -0.2) is 28.3 Å². The molecule has 31 heavy (non-hydrogen) atoms. The zero-order valence-corrected chi connectivity index (χ0v) is 18.8. The molecule has 8 heteroatoms. The topological polar surface area (TPSA) is 99.4 Å². The van der Waals surface area contributed by atoms with Gasteiger partial charge < -0.3 is 20.5 Å². The molecule has 0 unspecified atom stereocenters. The molecule has 1 atom stereocenters. The molecule has 0 bridgehead atoms. The second-order valence-corrected chi connectivity index (χ2v) is 10.1. The number of hydrogen-bond donors (Lipinski definition) is 2. The van der Waals surface area contributed by atoms with Crippen LogP contribution in [0.2, 0.25) is 0 Å². The Balaban J connectivity index is 1.68. The van der Waals surface area contributed by atoms with Crippen molar-refractivity contribution in [3.05, 3.63) is 40.6 Å². The third-order valence-electron chi connectivity index (χ3n) is 5.89. The number of anilines is 2. The van der Waals surface area contributed by atoms with E-state index < -0.39 is 0 Å². The molecule has 2 aliphatic heterocycles. The molecular weight excluding hydrogens is 412 g/mol. The maximum Gasteiger partial charge on any atom is 0.231 e. The van der Waals surface area contributed by atoms with Crippen molar-refractivity contribution in [1.82, 2.24) is 9.97 Å². The number of carbonyl (C=O) groups is 1. The van der Waals surface area contributed by atoms with Gasteiger partial charge in [0.2, 0.25) is 6.79 Å². The predicted molar refractivity (Wildman–Crippen MR) is 121 cm³/mol. The summed E-state index contributed by atoms with van der Waals surface area (Å²) in [6, 6.07) is 5.81. The standard InChI is InChI=1S/C23H26N4O3S/c1-4-7-31-22-26-20(24)19-17(12-5-6-15-16(8-12)30-11-29-15)18-13(25-21(19)27-22)9-23(2,3)10-14(18)28/h5-6,8,17H,4,7,9-11H2,1-3H3,(H3,24,25,26,27)/t17-/m1/s1. The number of aromatic nitrogens is 2. The highest BCUT2D eigenvalue weighted by Crippen LogP contribution is 2.51. The first-order valence-electron chi connectivity index (χ1n) is 10.6. The smallest absolute Gasteiger partial charge is 0.231 e. The van der Waals surface area contributed by atoms with Crippen LogP contribution in [0.4, 0.5) is 11.6 Å². The number of rotatable bonds is 4. The maximum absolute atomic E-state index is 13.4. The van der Waals surface area contributed by atoms with Crippen LogP contribution in [-0.2, 0) is 4.79 Å². The van der Waals surface area contributed by atoms with Crippen molar-refractivity contribution in [2.45, 2.75) is 51.1 Å². The number of nitrogens with two attached hydrogens (primary N) is 1. The summed E-state index contributed by atoms with van der Waals surface area (Å²) in [6.45, 7) is 6.57. The Hall–Kier alpha value is -2.74. The van der Waals surface area contributed by atoms with Crippen molar-refractivity contribution in [1.29, 1.82) is 0 Å². The van der Waals surface area contributed by atoms with Crippen LogP contribution in [0.5, 0.6) is 11.5 Å². The lowest BCUT2D eigenvalue weighted by Crippen LogP contribution is -2.34. The van der Waals surface area contributed by atoms with Gasteiger partial charge in [0.25, 0.3) is 0 Å². The van der Waals surface area contributed by atoms with Gasteiger partial charge in [-0.25, -0.2) is 9.97 Å². The molecule has 2 aromatic rings. The van der Waals surface area contributed by atoms with Gasteiger partial charge in [-0.2, -0.15) is 0 Å². The second-order valence-electron chi connectivity index (χ2n) is 9.01. The summed E-state index contributed by atoms with van der Waals surface area (Å²) in [6.07, 6.45) is 2.29. The fourth-order valence-electron chi connectivity index (χ4n) is 4.60. The SMILES string of the molecule is CCCSc1nc(N)c2c(n1)NC1=C(C(=O)CC(C)(C)C1)[C@H]2c1ccc2c(c1)OCO2. The molecule has 0 amide bonds. The Bertz CT molecular complexity index is 1110. The van der Waals surface area contributed by atoms with Crippen molar-refractivity contribution in [3.8, 4) is 11.5 Å². The molecule has 3 N–H and O–H groups in total. The molecule has 1 aromatic carbocycles. The summed E-state index contributed by atoms with van der Waals surface area (Å²) in [7, 11) is 0. The molecule has 3 heterocycles. The first-order valence-corrected chi connectivity index (χ1v) is 11.6. The fraction of sp³-hybridized carbons (Fsp3) is 0.435. The van der Waals surface area contributed by atoms with E-state index in [1.165, 1.54) is 0 Å². The number of hydrogen-bond acceptors (Lipinski definition) is 8. The van der Waals surface area contributed by atoms with Crippen LogP contribution in [0.15, 0.2) is 34.6 Å². The van der Waals surface area contributed by atoms with Gasteiger partial charge in [-0.15, -0.1) is 0 Å². The minimum Gasteiger partial charge on any atom is -0.454 e. The lowest BCUT2D eigenvalue weighted by Gasteiger charge is -2.39. The van der Waals surface area contributed by atoms with E-state index in [0.29, 0.717) is 34.7 Å². The summed E-state index contributed by atoms with van der Waals surface area (Å²) < 4.78 is 11.1. The minimum atomic E-state index is -0.338. The molecule has 7 nitrogen and oxygen atoms in total. The molecule has 5 rings (SSSR count). The number of nitrogens with one attached hydrogen (secondary N) is 1. The third kappa shape index (κ3) is 3.52. The Morgan fingerprint density at radius 3 is 2.84 bits per heavy atom. The number of benzene rings is 1. The van der Waals surface area contributed by atoms with Crippen LogP contribution in [0.1, 0.15) is 57.1 Å². The lowest BCUT2D eigenvalue weighted by molar-refractivity contribution is -0.118. The van der Waals surface area contributed by atoms with E-state index in [1.54, 1.807) is 11.8 Å². The molecule has 162 valence electrons. The molecule has 0 radical (unpaired) electrons. The Labute approximate surface area is 185 Å². The normalized spacial score (nSPS) is 20.9. The van der Waals surface area contributed by atoms with Crippen molar-refractivity contribution in [3.63, 3.8) is 0 Å². The number of fused-ring (bicyclic) bond motifs is 2. The monoisotopic (exact) mass is 438 g/mol. The summed E-state index contributed by atoms with van der Waals surface area (Å²) >= 11 is 1.59. The summed E-state index contributed by atoms with van der Waals surface area (Å²) in [4.78, 5) is 22.7. The molecule has 0 spiro atoms. The number of nitrogens with zero attached hydrogens (tertiary/aromatic N) is 2. The van der Waals surface area contributed by atoms with Crippen molar-refractivity contribution in [2.75, 3.05) is 23.6 Å². The van der Waals surface area contributed by atoms with Gasteiger partial charge >= 0.3 is 0 Å². The van der Waals surface area contributed by atoms with Gasteiger partial charge in [0.1, 0.15) is 11.6 Å². The molecule has 0 saturated heterocycles. The minimum absolute atomic E-state index is 0.113. The zero-order valence-electron chi connectivity index (χ0n) is 17.9. The quantitative estimate of drug-likeness (QED) is 0.532. The molecule has 3 aliphatic rings. The van der Waals surface area contributed by atoms with E-state index in [9.17, 15) is 4.79 Å². The number of ether oxygens (including phenoxy) is 2. The molecule has 1 aromatic heterocycles. The Morgan fingerprint density at radius 2 is 2.03 bits per heavy atom. The highest BCUT2D eigenvalue weighted by Gasteiger charge is 2.42. The molecule has 0 saturated carbocycles. The Kier molecular flexibility index (Phi) is 4.84. The van der Waals surface area contributed by atoms with Gasteiger partial charge in [-0.1, -0.05) is 38.6 Å². The lowest BCUT2D eigenvalue weighted by atomic mass is 9.69. The van der Waals surface area contributed by atoms with E-state index in [-0.39, 0.29) is 23.9 Å². The van der Waals surface area contributed by atoms with Crippen molar-refractivity contribution in [2.24, 2.45) is 5.41 Å². The van der Waals surface area contributed by atoms with Gasteiger partial charge in [0.15, 0.2) is 22.4 Å². The Morgan fingerprint density at radius 1 is 1.23 bits per heavy atom. The van der Waals surface area contributed by atoms with E-state index in [0.717, 1.165) is 41.0 Å². The maximum atomic E-state index is 13.4. The predicted octanol–water partition coefficient (Wildman–Crippen LogP) is 4.49. The van der Waals surface area contributed by atoms with Gasteiger partial charge in [0.05, 0.1) is 0 Å². The van der Waals surface area contributed by atoms with Gasteiger partial charge in [-0.3, -0.25) is 4.79 Å². The number of Topliss-reactive ketones (excluding diaryl/α,β-unsaturated/α-hetero) is 1. The third-order valence-corrected chi connectivity index (χ3v) is 6.94. The van der Waals surface area contributed by atoms with Crippen LogP contribution >= 0.6 is 11.8 Å². The first kappa shape index (κ1) is 20.2. The fourth-order valence-corrected chi connectivity index (χ4v) is 5.30. The molecule has 1 aliphatic carbocycles. The molecule has 0 fully saturated rings. The average molecular weight is 439 g/mol. The number of ketones is 1. The van der Waals surface area contributed by atoms with E-state index >= 15 is 0 Å². The summed E-state index contributed by atoms with van der Waals surface area (Å²) in [5.74, 6) is 3.20. The summed E-state index contributed by atoms with van der Waals surface area (Å²) in [5.41, 5.74) is 9.74. The van der Waals surface area contributed by atoms with E-state index in [4.69, 9.17) is 20.2 Å². The van der Waals surface area contributed by atoms with Crippen molar-refractivity contribution < 1.29 is 14.3 Å². The number of allylic oxidation sites excluding steroid dienone is 2. The van der Waals surface area contributed by atoms with Gasteiger partial charge in [0, 0.05) is 34.9 Å². The highest BCUT2D eigenvalue weighted by molar-refractivity contribution is 7.99. The second kappa shape index (κ2) is 7.44. The van der Waals surface area contributed by atoms with E-state index in [2.05, 4.69) is 31.1 Å². The van der Waals surface area contributed by atoms with Crippen LogP contribution in [0, 0.1) is 5.41 Å². The van der Waals surface area contributed by atoms with Crippen molar-refractivity contribution >= 4 is 29.2 Å². The number of carbonyl (C=O) groups excluding carboxylic acids is 1. The van der Waals surface area contributed by atoms with Crippen LogP contribution in [0.3, 0.4) is 0 Å². The van der Waals surface area contributed by atoms with Crippen LogP contribution in [0.25, 0.3) is 0 Å². The highest BCUT2D eigenvalue weighted by atomic mass is 32.2. The van der Waals surface area contributed by atoms with Crippen LogP contribution < -0.4 is 20.5 Å². The number of thioether (sulfide) groups is 1. The summed E-state index contributed by atoms with van der Waals surface area (Å²) in [5, 5.41) is 4.11.